The standard InChI is InChI=1S/C28H41N3O4S/c1-20-11-13-24(14-12-20)19-30(23(4)27(33)29-28(5,6)7)26(32)10-9-15-31(36(8,34)35)25-17-21(2)16-22(3)18-25/h11-14,16-18,23H,9-10,15,19H2,1-8H3,(H,29,33). The van der Waals surface area contributed by atoms with Crippen molar-refractivity contribution < 1.29 is 18.0 Å². The Balaban J connectivity index is 2.21. The molecule has 2 rings (SSSR count). The molecule has 36 heavy (non-hydrogen) atoms. The van der Waals surface area contributed by atoms with Crippen LogP contribution in [0.25, 0.3) is 0 Å². The Kier molecular flexibility index (Phi) is 9.71. The number of sulfonamides is 1. The number of hydrogen-bond acceptors (Lipinski definition) is 4. The second-order valence-electron chi connectivity index (χ2n) is 10.7. The van der Waals surface area contributed by atoms with Crippen LogP contribution in [0, 0.1) is 20.8 Å². The van der Waals surface area contributed by atoms with Gasteiger partial charge < -0.3 is 10.2 Å². The molecule has 0 radical (unpaired) electrons. The van der Waals surface area contributed by atoms with Gasteiger partial charge in [-0.05, 0) is 83.7 Å². The van der Waals surface area contributed by atoms with E-state index >= 15 is 0 Å². The number of benzene rings is 2. The first-order valence-electron chi connectivity index (χ1n) is 12.3. The number of nitrogens with zero attached hydrogens (tertiary/aromatic N) is 2. The van der Waals surface area contributed by atoms with Crippen molar-refractivity contribution in [2.45, 2.75) is 79.4 Å². The minimum Gasteiger partial charge on any atom is -0.350 e. The predicted molar refractivity (Wildman–Crippen MR) is 146 cm³/mol. The fourth-order valence-corrected chi connectivity index (χ4v) is 4.99. The normalized spacial score (nSPS) is 12.7. The summed E-state index contributed by atoms with van der Waals surface area (Å²) in [6.45, 7) is 13.7. The summed E-state index contributed by atoms with van der Waals surface area (Å²) in [5.74, 6) is -0.419. The van der Waals surface area contributed by atoms with Gasteiger partial charge in [-0.15, -0.1) is 0 Å². The van der Waals surface area contributed by atoms with Crippen LogP contribution in [0.4, 0.5) is 5.69 Å². The van der Waals surface area contributed by atoms with Crippen molar-refractivity contribution in [1.82, 2.24) is 10.2 Å². The molecule has 7 nitrogen and oxygen atoms in total. The second kappa shape index (κ2) is 11.9. The Morgan fingerprint density at radius 1 is 0.944 bits per heavy atom. The number of aryl methyl sites for hydroxylation is 3. The number of hydrogen-bond donors (Lipinski definition) is 1. The van der Waals surface area contributed by atoms with Crippen LogP contribution in [0.1, 0.15) is 62.8 Å². The molecule has 0 saturated carbocycles. The molecule has 2 amide bonds. The lowest BCUT2D eigenvalue weighted by Crippen LogP contribution is -2.52. The summed E-state index contributed by atoms with van der Waals surface area (Å²) < 4.78 is 26.4. The summed E-state index contributed by atoms with van der Waals surface area (Å²) in [7, 11) is -3.53. The van der Waals surface area contributed by atoms with Crippen molar-refractivity contribution in [3.8, 4) is 0 Å². The number of carbonyl (C=O) groups excluding carboxylic acids is 2. The molecule has 0 aromatic heterocycles. The maximum absolute atomic E-state index is 13.4. The van der Waals surface area contributed by atoms with Crippen LogP contribution in [-0.2, 0) is 26.2 Å². The maximum atomic E-state index is 13.4. The molecule has 0 heterocycles. The lowest BCUT2D eigenvalue weighted by Gasteiger charge is -2.32. The summed E-state index contributed by atoms with van der Waals surface area (Å²) in [5.41, 5.74) is 4.15. The summed E-state index contributed by atoms with van der Waals surface area (Å²) in [6.07, 6.45) is 1.63. The molecule has 2 aromatic carbocycles. The molecule has 2 aromatic rings. The lowest BCUT2D eigenvalue weighted by atomic mass is 10.1. The fourth-order valence-electron chi connectivity index (χ4n) is 4.05. The third-order valence-electron chi connectivity index (χ3n) is 5.79. The van der Waals surface area contributed by atoms with Crippen LogP contribution >= 0.6 is 0 Å². The van der Waals surface area contributed by atoms with Crippen LogP contribution in [0.15, 0.2) is 42.5 Å². The molecule has 0 aliphatic heterocycles. The molecule has 198 valence electrons. The van der Waals surface area contributed by atoms with Crippen LogP contribution in [0.2, 0.25) is 0 Å². The van der Waals surface area contributed by atoms with Crippen LogP contribution in [0.5, 0.6) is 0 Å². The van der Waals surface area contributed by atoms with E-state index in [4.69, 9.17) is 0 Å². The summed E-state index contributed by atoms with van der Waals surface area (Å²) >= 11 is 0. The average molecular weight is 516 g/mol. The van der Waals surface area contributed by atoms with E-state index in [1.54, 1.807) is 11.8 Å². The van der Waals surface area contributed by atoms with Gasteiger partial charge >= 0.3 is 0 Å². The highest BCUT2D eigenvalue weighted by atomic mass is 32.2. The fraction of sp³-hybridized carbons (Fsp3) is 0.500. The van der Waals surface area contributed by atoms with E-state index in [9.17, 15) is 18.0 Å². The van der Waals surface area contributed by atoms with Gasteiger partial charge in [-0.1, -0.05) is 35.9 Å². The number of nitrogens with one attached hydrogen (secondary N) is 1. The quantitative estimate of drug-likeness (QED) is 0.505. The van der Waals surface area contributed by atoms with Crippen molar-refractivity contribution in [2.24, 2.45) is 0 Å². The van der Waals surface area contributed by atoms with Crippen molar-refractivity contribution >= 4 is 27.5 Å². The van der Waals surface area contributed by atoms with Crippen molar-refractivity contribution in [3.05, 3.63) is 64.7 Å². The largest absolute Gasteiger partial charge is 0.350 e. The van der Waals surface area contributed by atoms with Gasteiger partial charge in [0.1, 0.15) is 6.04 Å². The number of anilines is 1. The van der Waals surface area contributed by atoms with Crippen LogP contribution in [-0.4, -0.2) is 49.5 Å². The van der Waals surface area contributed by atoms with Gasteiger partial charge in [-0.3, -0.25) is 13.9 Å². The molecule has 0 spiro atoms. The highest BCUT2D eigenvalue weighted by Gasteiger charge is 2.28. The van der Waals surface area contributed by atoms with Gasteiger partial charge in [-0.25, -0.2) is 8.42 Å². The van der Waals surface area contributed by atoms with E-state index in [0.29, 0.717) is 18.7 Å². The van der Waals surface area contributed by atoms with Crippen molar-refractivity contribution in [1.29, 1.82) is 0 Å². The molecule has 0 aliphatic carbocycles. The minimum absolute atomic E-state index is 0.121. The monoisotopic (exact) mass is 515 g/mol. The van der Waals surface area contributed by atoms with Crippen molar-refractivity contribution in [3.63, 3.8) is 0 Å². The number of amides is 2. The van der Waals surface area contributed by atoms with Gasteiger partial charge in [0.2, 0.25) is 21.8 Å². The third kappa shape index (κ3) is 8.97. The van der Waals surface area contributed by atoms with E-state index in [2.05, 4.69) is 5.32 Å². The Morgan fingerprint density at radius 2 is 1.50 bits per heavy atom. The Morgan fingerprint density at radius 3 is 2.00 bits per heavy atom. The first kappa shape index (κ1) is 29.4. The molecule has 0 bridgehead atoms. The van der Waals surface area contributed by atoms with Gasteiger partial charge in [0.15, 0.2) is 0 Å². The van der Waals surface area contributed by atoms with Crippen molar-refractivity contribution in [2.75, 3.05) is 17.1 Å². The smallest absolute Gasteiger partial charge is 0.242 e. The van der Waals surface area contributed by atoms with E-state index in [0.717, 1.165) is 22.3 Å². The zero-order valence-corrected chi connectivity index (χ0v) is 23.7. The van der Waals surface area contributed by atoms with Gasteiger partial charge in [-0.2, -0.15) is 0 Å². The topological polar surface area (TPSA) is 86.8 Å². The first-order chi connectivity index (χ1) is 16.6. The zero-order valence-electron chi connectivity index (χ0n) is 22.9. The molecule has 1 atom stereocenters. The summed E-state index contributed by atoms with van der Waals surface area (Å²) in [5, 5.41) is 2.96. The molecular formula is C28H41N3O4S. The van der Waals surface area contributed by atoms with E-state index in [1.807, 2.05) is 84.0 Å². The lowest BCUT2D eigenvalue weighted by molar-refractivity contribution is -0.141. The average Bonchev–Trinajstić information content (AvgIpc) is 2.72. The second-order valence-corrected chi connectivity index (χ2v) is 12.6. The maximum Gasteiger partial charge on any atom is 0.242 e. The number of rotatable bonds is 10. The first-order valence-corrected chi connectivity index (χ1v) is 14.1. The third-order valence-corrected chi connectivity index (χ3v) is 6.98. The van der Waals surface area contributed by atoms with Gasteiger partial charge in [0.05, 0.1) is 11.9 Å². The molecule has 8 heteroatoms. The van der Waals surface area contributed by atoms with Crippen LogP contribution < -0.4 is 9.62 Å². The number of carbonyl (C=O) groups is 2. The zero-order chi connectivity index (χ0) is 27.3. The summed E-state index contributed by atoms with van der Waals surface area (Å²) in [4.78, 5) is 27.9. The van der Waals surface area contributed by atoms with Gasteiger partial charge in [0.25, 0.3) is 0 Å². The SMILES string of the molecule is Cc1ccc(CN(C(=O)CCCN(c2cc(C)cc(C)c2)S(C)(=O)=O)C(C)C(=O)NC(C)(C)C)cc1. The Labute approximate surface area is 216 Å². The Bertz CT molecular complexity index is 1150. The van der Waals surface area contributed by atoms with E-state index in [1.165, 1.54) is 10.6 Å². The highest BCUT2D eigenvalue weighted by molar-refractivity contribution is 7.92. The Hall–Kier alpha value is -2.87. The molecule has 0 saturated heterocycles. The molecule has 0 aliphatic rings. The van der Waals surface area contributed by atoms with E-state index in [-0.39, 0.29) is 24.8 Å². The summed E-state index contributed by atoms with van der Waals surface area (Å²) in [6, 6.07) is 12.8. The molecule has 0 fully saturated rings. The van der Waals surface area contributed by atoms with Crippen LogP contribution in [0.3, 0.4) is 0 Å². The molecule has 1 unspecified atom stereocenters. The van der Waals surface area contributed by atoms with E-state index < -0.39 is 21.6 Å². The molecule has 1 N–H and O–H groups in total. The van der Waals surface area contributed by atoms with Gasteiger partial charge in [0, 0.05) is 25.0 Å². The molecular weight excluding hydrogens is 474 g/mol. The minimum atomic E-state index is -3.53. The predicted octanol–water partition coefficient (Wildman–Crippen LogP) is 4.49. The highest BCUT2D eigenvalue weighted by Crippen LogP contribution is 2.22.